The Kier molecular flexibility index (Phi) is 6.24. The first-order valence-electron chi connectivity index (χ1n) is 7.77. The molecule has 0 fully saturated rings. The van der Waals surface area contributed by atoms with Crippen LogP contribution in [0.5, 0.6) is 5.75 Å². The molecule has 1 aromatic heterocycles. The summed E-state index contributed by atoms with van der Waals surface area (Å²) in [5.41, 5.74) is 1.60. The van der Waals surface area contributed by atoms with Crippen LogP contribution in [0.25, 0.3) is 5.69 Å². The van der Waals surface area contributed by atoms with Crippen LogP contribution in [-0.2, 0) is 4.79 Å². The fourth-order valence-corrected chi connectivity index (χ4v) is 3.24. The van der Waals surface area contributed by atoms with Crippen LogP contribution < -0.4 is 10.1 Å². The Labute approximate surface area is 163 Å². The number of methoxy groups -OCH3 is 1. The van der Waals surface area contributed by atoms with E-state index < -0.39 is 0 Å². The number of amides is 1. The summed E-state index contributed by atoms with van der Waals surface area (Å²) in [4.78, 5) is 12.0. The number of halogens is 1. The molecule has 9 heteroatoms. The van der Waals surface area contributed by atoms with Gasteiger partial charge in [-0.05, 0) is 59.0 Å². The number of rotatable bonds is 7. The summed E-state index contributed by atoms with van der Waals surface area (Å²) in [5.74, 6) is 1.28. The molecule has 0 unspecified atom stereocenters. The van der Waals surface area contributed by atoms with Crippen LogP contribution in [0.2, 0.25) is 0 Å². The van der Waals surface area contributed by atoms with E-state index in [9.17, 15) is 4.79 Å². The molecule has 1 heterocycles. The summed E-state index contributed by atoms with van der Waals surface area (Å²) < 4.78 is 7.75. The number of tetrazole rings is 1. The molecule has 0 atom stereocenters. The van der Waals surface area contributed by atoms with E-state index in [1.165, 1.54) is 11.8 Å². The number of nitrogens with zero attached hydrogens (tertiary/aromatic N) is 4. The van der Waals surface area contributed by atoms with Gasteiger partial charge in [0, 0.05) is 22.3 Å². The summed E-state index contributed by atoms with van der Waals surface area (Å²) >= 11 is 4.79. The molecule has 0 bridgehead atoms. The normalized spacial score (nSPS) is 10.5. The summed E-state index contributed by atoms with van der Waals surface area (Å²) in [7, 11) is 1.62. The molecule has 0 spiro atoms. The third-order valence-corrected chi connectivity index (χ3v) is 4.90. The molecular weight excluding hydrogens is 418 g/mol. The van der Waals surface area contributed by atoms with E-state index >= 15 is 0 Å². The van der Waals surface area contributed by atoms with Crippen LogP contribution in [0.15, 0.2) is 58.2 Å². The van der Waals surface area contributed by atoms with Crippen molar-refractivity contribution >= 4 is 39.3 Å². The molecule has 3 aromatic rings. The Hall–Kier alpha value is -2.39. The monoisotopic (exact) mass is 433 g/mol. The van der Waals surface area contributed by atoms with Crippen molar-refractivity contribution in [2.24, 2.45) is 0 Å². The number of anilines is 1. The smallest absolute Gasteiger partial charge is 0.225 e. The number of benzene rings is 2. The molecule has 2 aromatic carbocycles. The molecule has 3 rings (SSSR count). The average molecular weight is 434 g/mol. The van der Waals surface area contributed by atoms with Crippen LogP contribution in [0.1, 0.15) is 6.42 Å². The van der Waals surface area contributed by atoms with Crippen LogP contribution in [0.3, 0.4) is 0 Å². The zero-order chi connectivity index (χ0) is 18.4. The Balaban J connectivity index is 1.54. The zero-order valence-electron chi connectivity index (χ0n) is 13.9. The van der Waals surface area contributed by atoms with Gasteiger partial charge in [-0.3, -0.25) is 4.79 Å². The second kappa shape index (κ2) is 8.81. The predicted molar refractivity (Wildman–Crippen MR) is 104 cm³/mol. The van der Waals surface area contributed by atoms with Crippen LogP contribution in [-0.4, -0.2) is 39.0 Å². The average Bonchev–Trinajstić information content (AvgIpc) is 3.12. The Morgan fingerprint density at radius 1 is 1.19 bits per heavy atom. The maximum atomic E-state index is 12.0. The summed E-state index contributed by atoms with van der Waals surface area (Å²) in [5, 5.41) is 15.2. The van der Waals surface area contributed by atoms with Crippen molar-refractivity contribution in [3.63, 3.8) is 0 Å². The molecule has 7 nitrogen and oxygen atoms in total. The standard InChI is InChI=1S/C17H16BrN5O2S/c1-25-15-8-6-14(7-9-15)23-17(20-21-22-23)26-11-10-16(24)19-13-4-2-12(18)3-5-13/h2-9H,10-11H2,1H3,(H,19,24). The van der Waals surface area contributed by atoms with E-state index in [0.717, 1.165) is 21.6 Å². The third kappa shape index (κ3) is 4.83. The first-order chi connectivity index (χ1) is 12.7. The van der Waals surface area contributed by atoms with Gasteiger partial charge in [0.1, 0.15) is 5.75 Å². The van der Waals surface area contributed by atoms with E-state index in [0.29, 0.717) is 17.3 Å². The highest BCUT2D eigenvalue weighted by atomic mass is 79.9. The number of hydrogen-bond acceptors (Lipinski definition) is 6. The van der Waals surface area contributed by atoms with E-state index in [1.54, 1.807) is 11.8 Å². The minimum absolute atomic E-state index is 0.0525. The quantitative estimate of drug-likeness (QED) is 0.573. The highest BCUT2D eigenvalue weighted by molar-refractivity contribution is 9.10. The zero-order valence-corrected chi connectivity index (χ0v) is 16.3. The lowest BCUT2D eigenvalue weighted by molar-refractivity contribution is -0.115. The van der Waals surface area contributed by atoms with Gasteiger partial charge in [-0.1, -0.05) is 27.7 Å². The maximum absolute atomic E-state index is 12.0. The molecule has 0 aliphatic rings. The molecule has 0 aliphatic heterocycles. The van der Waals surface area contributed by atoms with E-state index in [1.807, 2.05) is 48.5 Å². The summed E-state index contributed by atoms with van der Waals surface area (Å²) in [6, 6.07) is 14.9. The van der Waals surface area contributed by atoms with Gasteiger partial charge in [0.15, 0.2) is 0 Å². The molecule has 0 saturated carbocycles. The number of aromatic nitrogens is 4. The van der Waals surface area contributed by atoms with Crippen molar-refractivity contribution < 1.29 is 9.53 Å². The molecule has 0 saturated heterocycles. The van der Waals surface area contributed by atoms with Crippen LogP contribution >= 0.6 is 27.7 Å². The number of thioether (sulfide) groups is 1. The molecule has 0 aliphatic carbocycles. The van der Waals surface area contributed by atoms with Gasteiger partial charge in [0.25, 0.3) is 0 Å². The van der Waals surface area contributed by atoms with Gasteiger partial charge in [-0.2, -0.15) is 4.68 Å². The van der Waals surface area contributed by atoms with E-state index in [-0.39, 0.29) is 5.91 Å². The molecule has 1 N–H and O–H groups in total. The lowest BCUT2D eigenvalue weighted by Crippen LogP contribution is -2.12. The fraction of sp³-hybridized carbons (Fsp3) is 0.176. The van der Waals surface area contributed by atoms with Crippen LogP contribution in [0.4, 0.5) is 5.69 Å². The highest BCUT2D eigenvalue weighted by Crippen LogP contribution is 2.21. The minimum Gasteiger partial charge on any atom is -0.497 e. The fourth-order valence-electron chi connectivity index (χ4n) is 2.15. The Morgan fingerprint density at radius 3 is 2.62 bits per heavy atom. The lowest BCUT2D eigenvalue weighted by atomic mass is 10.3. The molecule has 1 amide bonds. The second-order valence-corrected chi connectivity index (χ2v) is 7.20. The third-order valence-electron chi connectivity index (χ3n) is 3.45. The van der Waals surface area contributed by atoms with Gasteiger partial charge >= 0.3 is 0 Å². The van der Waals surface area contributed by atoms with Gasteiger partial charge in [-0.25, -0.2) is 0 Å². The van der Waals surface area contributed by atoms with Crippen molar-refractivity contribution in [1.82, 2.24) is 20.2 Å². The largest absolute Gasteiger partial charge is 0.497 e. The first-order valence-corrected chi connectivity index (χ1v) is 9.54. The minimum atomic E-state index is -0.0525. The van der Waals surface area contributed by atoms with Crippen molar-refractivity contribution in [3.05, 3.63) is 53.0 Å². The van der Waals surface area contributed by atoms with Gasteiger partial charge in [0.05, 0.1) is 12.8 Å². The first kappa shape index (κ1) is 18.4. The lowest BCUT2D eigenvalue weighted by Gasteiger charge is -2.06. The van der Waals surface area contributed by atoms with Crippen molar-refractivity contribution in [2.45, 2.75) is 11.6 Å². The van der Waals surface area contributed by atoms with Crippen molar-refractivity contribution in [3.8, 4) is 11.4 Å². The number of nitrogens with one attached hydrogen (secondary N) is 1. The van der Waals surface area contributed by atoms with E-state index in [4.69, 9.17) is 4.74 Å². The topological polar surface area (TPSA) is 81.9 Å². The summed E-state index contributed by atoms with van der Waals surface area (Å²) in [6.45, 7) is 0. The maximum Gasteiger partial charge on any atom is 0.225 e. The van der Waals surface area contributed by atoms with Gasteiger partial charge in [-0.15, -0.1) is 5.10 Å². The Morgan fingerprint density at radius 2 is 1.92 bits per heavy atom. The predicted octanol–water partition coefficient (Wildman–Crippen LogP) is 3.55. The van der Waals surface area contributed by atoms with Gasteiger partial charge < -0.3 is 10.1 Å². The molecular formula is C17H16BrN5O2S. The molecule has 134 valence electrons. The second-order valence-electron chi connectivity index (χ2n) is 5.22. The van der Waals surface area contributed by atoms with Crippen molar-refractivity contribution in [1.29, 1.82) is 0 Å². The van der Waals surface area contributed by atoms with Crippen LogP contribution in [0, 0.1) is 0 Å². The number of hydrogen-bond donors (Lipinski definition) is 1. The number of carbonyl (C=O) groups is 1. The van der Waals surface area contributed by atoms with E-state index in [2.05, 4.69) is 36.8 Å². The SMILES string of the molecule is COc1ccc(-n2nnnc2SCCC(=O)Nc2ccc(Br)cc2)cc1. The highest BCUT2D eigenvalue weighted by Gasteiger charge is 2.10. The molecule has 0 radical (unpaired) electrons. The Bertz CT molecular complexity index is 868. The number of carbonyl (C=O) groups excluding carboxylic acids is 1. The molecule has 26 heavy (non-hydrogen) atoms. The number of ether oxygens (including phenoxy) is 1. The van der Waals surface area contributed by atoms with Crippen molar-refractivity contribution in [2.75, 3.05) is 18.2 Å². The van der Waals surface area contributed by atoms with Gasteiger partial charge in [0.2, 0.25) is 11.1 Å². The summed E-state index contributed by atoms with van der Waals surface area (Å²) in [6.07, 6.45) is 0.357.